The van der Waals surface area contributed by atoms with Gasteiger partial charge in [-0.15, -0.1) is 0 Å². The van der Waals surface area contributed by atoms with Gasteiger partial charge in [-0.25, -0.2) is 15.0 Å². The minimum absolute atomic E-state index is 0.0138. The number of carbonyl (C=O) groups is 2. The van der Waals surface area contributed by atoms with Crippen molar-refractivity contribution in [2.75, 3.05) is 0 Å². The van der Waals surface area contributed by atoms with Crippen LogP contribution in [-0.2, 0) is 4.79 Å². The predicted molar refractivity (Wildman–Crippen MR) is 84.7 cm³/mol. The highest BCUT2D eigenvalue weighted by atomic mass is 16.4. The van der Waals surface area contributed by atoms with Gasteiger partial charge in [-0.3, -0.25) is 14.2 Å². The van der Waals surface area contributed by atoms with Crippen molar-refractivity contribution in [2.24, 2.45) is 5.92 Å². The first-order chi connectivity index (χ1) is 11.5. The van der Waals surface area contributed by atoms with Crippen molar-refractivity contribution in [2.45, 2.75) is 38.6 Å². The predicted octanol–water partition coefficient (Wildman–Crippen LogP) is 1.34. The monoisotopic (exact) mass is 329 g/mol. The highest BCUT2D eigenvalue weighted by molar-refractivity contribution is 5.92. The van der Waals surface area contributed by atoms with E-state index in [2.05, 4.69) is 20.3 Å². The summed E-state index contributed by atoms with van der Waals surface area (Å²) in [7, 11) is 0. The summed E-state index contributed by atoms with van der Waals surface area (Å²) in [5.41, 5.74) is 0.986. The van der Waals surface area contributed by atoms with Gasteiger partial charge < -0.3 is 10.4 Å². The van der Waals surface area contributed by atoms with E-state index in [9.17, 15) is 9.59 Å². The number of hydrogen-bond acceptors (Lipinski definition) is 5. The zero-order chi connectivity index (χ0) is 17.1. The van der Waals surface area contributed by atoms with Gasteiger partial charge in [0.05, 0.1) is 5.92 Å². The lowest BCUT2D eigenvalue weighted by Gasteiger charge is -2.26. The van der Waals surface area contributed by atoms with Crippen molar-refractivity contribution in [3.63, 3.8) is 0 Å². The van der Waals surface area contributed by atoms with E-state index in [4.69, 9.17) is 5.11 Å². The highest BCUT2D eigenvalue weighted by Gasteiger charge is 2.27. The largest absolute Gasteiger partial charge is 0.481 e. The summed E-state index contributed by atoms with van der Waals surface area (Å²) in [5.74, 6) is -0.920. The van der Waals surface area contributed by atoms with Crippen LogP contribution in [0.4, 0.5) is 0 Å². The number of nitrogens with one attached hydrogen (secondary N) is 1. The molecule has 2 N–H and O–H groups in total. The van der Waals surface area contributed by atoms with Crippen LogP contribution in [0.15, 0.2) is 24.8 Å². The minimum Gasteiger partial charge on any atom is -0.481 e. The third-order valence-electron chi connectivity index (χ3n) is 4.22. The Balaban J connectivity index is 1.68. The molecule has 0 bridgehead atoms. The smallest absolute Gasteiger partial charge is 0.306 e. The molecule has 0 unspecified atom stereocenters. The normalized spacial score (nSPS) is 20.5. The maximum atomic E-state index is 12.5. The summed E-state index contributed by atoms with van der Waals surface area (Å²) >= 11 is 0. The lowest BCUT2D eigenvalue weighted by atomic mass is 9.86. The number of aliphatic carboxylic acids is 1. The van der Waals surface area contributed by atoms with E-state index in [0.717, 1.165) is 0 Å². The Morgan fingerprint density at radius 3 is 2.62 bits per heavy atom. The molecule has 1 aliphatic rings. The van der Waals surface area contributed by atoms with Crippen LogP contribution in [0, 0.1) is 12.8 Å². The molecule has 24 heavy (non-hydrogen) atoms. The van der Waals surface area contributed by atoms with E-state index in [1.807, 2.05) is 0 Å². The SMILES string of the molecule is Cc1cc(C(=O)NC2CCC(C(=O)O)CC2)nc(-n2ccnc2)n1. The van der Waals surface area contributed by atoms with Gasteiger partial charge in [-0.05, 0) is 38.7 Å². The molecule has 1 aliphatic carbocycles. The van der Waals surface area contributed by atoms with Crippen molar-refractivity contribution in [3.05, 3.63) is 36.2 Å². The molecular formula is C16H19N5O3. The second kappa shape index (κ2) is 6.77. The molecule has 2 heterocycles. The Labute approximate surface area is 139 Å². The Kier molecular flexibility index (Phi) is 4.54. The molecule has 3 rings (SSSR count). The molecule has 2 aromatic heterocycles. The molecule has 1 fully saturated rings. The molecule has 0 aromatic carbocycles. The summed E-state index contributed by atoms with van der Waals surface area (Å²) in [6.07, 6.45) is 7.41. The second-order valence-electron chi connectivity index (χ2n) is 6.02. The summed E-state index contributed by atoms with van der Waals surface area (Å²) in [6, 6.07) is 1.62. The number of rotatable bonds is 4. The van der Waals surface area contributed by atoms with Gasteiger partial charge in [0.2, 0.25) is 5.95 Å². The average molecular weight is 329 g/mol. The van der Waals surface area contributed by atoms with Gasteiger partial charge in [-0.2, -0.15) is 0 Å². The first kappa shape index (κ1) is 16.1. The van der Waals surface area contributed by atoms with Crippen LogP contribution >= 0.6 is 0 Å². The van der Waals surface area contributed by atoms with Crippen LogP contribution in [0.2, 0.25) is 0 Å². The average Bonchev–Trinajstić information content (AvgIpc) is 3.09. The zero-order valence-corrected chi connectivity index (χ0v) is 13.3. The fourth-order valence-electron chi connectivity index (χ4n) is 2.91. The van der Waals surface area contributed by atoms with Crippen molar-refractivity contribution in [1.29, 1.82) is 0 Å². The molecule has 126 valence electrons. The van der Waals surface area contributed by atoms with E-state index in [-0.39, 0.29) is 17.9 Å². The third kappa shape index (κ3) is 3.58. The van der Waals surface area contributed by atoms with Gasteiger partial charge in [0, 0.05) is 24.1 Å². The summed E-state index contributed by atoms with van der Waals surface area (Å²) in [4.78, 5) is 36.0. The minimum atomic E-state index is -0.754. The summed E-state index contributed by atoms with van der Waals surface area (Å²) in [6.45, 7) is 1.80. The molecule has 2 aromatic rings. The Morgan fingerprint density at radius 1 is 1.25 bits per heavy atom. The summed E-state index contributed by atoms with van der Waals surface area (Å²) in [5, 5.41) is 12.0. The van der Waals surface area contributed by atoms with E-state index in [0.29, 0.717) is 43.0 Å². The molecule has 8 heteroatoms. The number of carboxylic acids is 1. The molecule has 0 aliphatic heterocycles. The Hall–Kier alpha value is -2.77. The summed E-state index contributed by atoms with van der Waals surface area (Å²) < 4.78 is 1.64. The number of hydrogen-bond donors (Lipinski definition) is 2. The lowest BCUT2D eigenvalue weighted by molar-refractivity contribution is -0.142. The fourth-order valence-corrected chi connectivity index (χ4v) is 2.91. The number of amides is 1. The molecule has 1 saturated carbocycles. The van der Waals surface area contributed by atoms with Crippen molar-refractivity contribution in [3.8, 4) is 5.95 Å². The first-order valence-corrected chi connectivity index (χ1v) is 7.90. The van der Waals surface area contributed by atoms with Gasteiger partial charge >= 0.3 is 5.97 Å². The van der Waals surface area contributed by atoms with Gasteiger partial charge in [0.25, 0.3) is 5.91 Å². The first-order valence-electron chi connectivity index (χ1n) is 7.90. The molecule has 0 saturated heterocycles. The van der Waals surface area contributed by atoms with Crippen LogP contribution in [0.25, 0.3) is 5.95 Å². The fraction of sp³-hybridized carbons (Fsp3) is 0.438. The molecule has 0 spiro atoms. The highest BCUT2D eigenvalue weighted by Crippen LogP contribution is 2.24. The molecule has 0 radical (unpaired) electrons. The number of aromatic nitrogens is 4. The number of nitrogens with zero attached hydrogens (tertiary/aromatic N) is 4. The maximum absolute atomic E-state index is 12.5. The van der Waals surface area contributed by atoms with Gasteiger partial charge in [0.1, 0.15) is 12.0 Å². The van der Waals surface area contributed by atoms with E-state index < -0.39 is 5.97 Å². The van der Waals surface area contributed by atoms with Crippen molar-refractivity contribution in [1.82, 2.24) is 24.8 Å². The maximum Gasteiger partial charge on any atom is 0.306 e. The topological polar surface area (TPSA) is 110 Å². The van der Waals surface area contributed by atoms with Gasteiger partial charge in [0.15, 0.2) is 0 Å². The molecule has 8 nitrogen and oxygen atoms in total. The Morgan fingerprint density at radius 2 is 2.00 bits per heavy atom. The number of imidazole rings is 1. The van der Waals surface area contributed by atoms with E-state index in [1.165, 1.54) is 0 Å². The number of carboxylic acid groups (broad SMARTS) is 1. The number of carbonyl (C=O) groups excluding carboxylic acids is 1. The van der Waals surface area contributed by atoms with Crippen LogP contribution in [0.5, 0.6) is 0 Å². The third-order valence-corrected chi connectivity index (χ3v) is 4.22. The lowest BCUT2D eigenvalue weighted by Crippen LogP contribution is -2.39. The van der Waals surface area contributed by atoms with Crippen molar-refractivity contribution < 1.29 is 14.7 Å². The number of aryl methyl sites for hydroxylation is 1. The zero-order valence-electron chi connectivity index (χ0n) is 13.3. The van der Waals surface area contributed by atoms with Crippen molar-refractivity contribution >= 4 is 11.9 Å². The molecular weight excluding hydrogens is 310 g/mol. The van der Waals surface area contributed by atoms with Crippen LogP contribution < -0.4 is 5.32 Å². The standard InChI is InChI=1S/C16H19N5O3/c1-10-8-13(20-16(18-10)21-7-6-17-9-21)14(22)19-12-4-2-11(3-5-12)15(23)24/h6-9,11-12H,2-5H2,1H3,(H,19,22)(H,23,24). The van der Waals surface area contributed by atoms with Crippen LogP contribution in [0.3, 0.4) is 0 Å². The Bertz CT molecular complexity index is 736. The molecule has 1 amide bonds. The molecule has 0 atom stereocenters. The van der Waals surface area contributed by atoms with Crippen LogP contribution in [-0.4, -0.2) is 42.5 Å². The van der Waals surface area contributed by atoms with Crippen LogP contribution in [0.1, 0.15) is 41.9 Å². The second-order valence-corrected chi connectivity index (χ2v) is 6.02. The van der Waals surface area contributed by atoms with Gasteiger partial charge in [-0.1, -0.05) is 0 Å². The van der Waals surface area contributed by atoms with E-state index >= 15 is 0 Å². The van der Waals surface area contributed by atoms with E-state index in [1.54, 1.807) is 36.3 Å². The quantitative estimate of drug-likeness (QED) is 0.876.